The van der Waals surface area contributed by atoms with E-state index in [-0.39, 0.29) is 43.8 Å². The maximum absolute atomic E-state index is 13.1. The number of pyridine rings is 1. The van der Waals surface area contributed by atoms with E-state index in [0.717, 1.165) is 18.3 Å². The number of nitrogens with one attached hydrogen (secondary N) is 1. The Morgan fingerprint density at radius 2 is 2.00 bits per heavy atom. The summed E-state index contributed by atoms with van der Waals surface area (Å²) in [6, 6.07) is 1.49. The van der Waals surface area contributed by atoms with Crippen LogP contribution in [0.15, 0.2) is 18.3 Å². The highest BCUT2D eigenvalue weighted by Gasteiger charge is 2.39. The van der Waals surface area contributed by atoms with Crippen LogP contribution in [0.1, 0.15) is 32.8 Å². The van der Waals surface area contributed by atoms with Gasteiger partial charge in [0.05, 0.1) is 11.5 Å². The number of halogens is 3. The first-order chi connectivity index (χ1) is 14.0. The molecule has 0 saturated carbocycles. The van der Waals surface area contributed by atoms with Gasteiger partial charge in [-0.25, -0.2) is 10.5 Å². The maximum atomic E-state index is 13.1. The zero-order valence-electron chi connectivity index (χ0n) is 17.1. The van der Waals surface area contributed by atoms with Crippen molar-refractivity contribution in [2.45, 2.75) is 45.5 Å². The third-order valence-corrected chi connectivity index (χ3v) is 5.11. The van der Waals surface area contributed by atoms with E-state index in [1.54, 1.807) is 11.8 Å². The number of amides is 2. The van der Waals surface area contributed by atoms with Gasteiger partial charge in [0.25, 0.3) is 5.91 Å². The molecule has 1 aliphatic heterocycles. The second-order valence-electron chi connectivity index (χ2n) is 7.88. The van der Waals surface area contributed by atoms with E-state index in [9.17, 15) is 27.9 Å². The molecule has 0 spiro atoms. The Labute approximate surface area is 172 Å². The number of carbonyl (C=O) groups excluding carboxylic acids is 2. The van der Waals surface area contributed by atoms with Crippen LogP contribution in [0.4, 0.5) is 19.0 Å². The molecular weight excluding hydrogens is 405 g/mol. The van der Waals surface area contributed by atoms with Gasteiger partial charge < -0.3 is 14.9 Å². The summed E-state index contributed by atoms with van der Waals surface area (Å²) in [5, 5.41) is 19.0. The SMILES string of the molecule is CC(C)CC(C(=O)N1CCN(c2cc(C(F)(F)F)ccn2)C[C@H]1C)[C@@H](O)C(=O)NO. The molecule has 1 aliphatic rings. The summed E-state index contributed by atoms with van der Waals surface area (Å²) in [4.78, 5) is 31.9. The van der Waals surface area contributed by atoms with E-state index >= 15 is 0 Å². The predicted molar refractivity (Wildman–Crippen MR) is 102 cm³/mol. The van der Waals surface area contributed by atoms with E-state index in [4.69, 9.17) is 5.21 Å². The van der Waals surface area contributed by atoms with E-state index in [2.05, 4.69) is 4.98 Å². The first-order valence-corrected chi connectivity index (χ1v) is 9.66. The summed E-state index contributed by atoms with van der Waals surface area (Å²) in [7, 11) is 0. The highest BCUT2D eigenvalue weighted by molar-refractivity contribution is 5.89. The highest BCUT2D eigenvalue weighted by Crippen LogP contribution is 2.31. The lowest BCUT2D eigenvalue weighted by molar-refractivity contribution is -0.152. The molecule has 2 rings (SSSR count). The molecule has 2 amide bonds. The van der Waals surface area contributed by atoms with E-state index in [0.29, 0.717) is 0 Å². The third kappa shape index (κ3) is 5.60. The van der Waals surface area contributed by atoms with Crippen LogP contribution >= 0.6 is 0 Å². The molecule has 2 heterocycles. The molecule has 3 atom stereocenters. The molecule has 1 saturated heterocycles. The van der Waals surface area contributed by atoms with Crippen molar-refractivity contribution in [3.05, 3.63) is 23.9 Å². The molecule has 30 heavy (non-hydrogen) atoms. The third-order valence-electron chi connectivity index (χ3n) is 5.11. The summed E-state index contributed by atoms with van der Waals surface area (Å²) in [6.07, 6.45) is -4.85. The molecule has 0 bridgehead atoms. The minimum absolute atomic E-state index is 0.00555. The average molecular weight is 432 g/mol. The van der Waals surface area contributed by atoms with Crippen molar-refractivity contribution < 1.29 is 33.1 Å². The molecule has 3 N–H and O–H groups in total. The van der Waals surface area contributed by atoms with Crippen LogP contribution < -0.4 is 10.4 Å². The van der Waals surface area contributed by atoms with Gasteiger partial charge in [0.2, 0.25) is 5.91 Å². The van der Waals surface area contributed by atoms with Crippen molar-refractivity contribution >= 4 is 17.6 Å². The average Bonchev–Trinajstić information content (AvgIpc) is 2.69. The monoisotopic (exact) mass is 432 g/mol. The van der Waals surface area contributed by atoms with Crippen molar-refractivity contribution in [3.63, 3.8) is 0 Å². The number of hydrogen-bond acceptors (Lipinski definition) is 6. The number of aromatic nitrogens is 1. The molecular formula is C19H27F3N4O4. The van der Waals surface area contributed by atoms with Crippen LogP contribution in [0, 0.1) is 11.8 Å². The fourth-order valence-electron chi connectivity index (χ4n) is 3.60. The highest BCUT2D eigenvalue weighted by atomic mass is 19.4. The molecule has 11 heteroatoms. The number of nitrogens with zero attached hydrogens (tertiary/aromatic N) is 3. The molecule has 168 valence electrons. The van der Waals surface area contributed by atoms with Gasteiger partial charge in [-0.3, -0.25) is 14.8 Å². The molecule has 1 fully saturated rings. The summed E-state index contributed by atoms with van der Waals surface area (Å²) in [5.41, 5.74) is 0.568. The minimum atomic E-state index is -4.48. The number of rotatable bonds is 6. The van der Waals surface area contributed by atoms with Crippen molar-refractivity contribution in [2.24, 2.45) is 11.8 Å². The lowest BCUT2D eigenvalue weighted by Crippen LogP contribution is -2.57. The van der Waals surface area contributed by atoms with Gasteiger partial charge in [-0.2, -0.15) is 13.2 Å². The molecule has 1 aromatic rings. The van der Waals surface area contributed by atoms with Crippen LogP contribution in [0.2, 0.25) is 0 Å². The van der Waals surface area contributed by atoms with Crippen molar-refractivity contribution in [3.8, 4) is 0 Å². The van der Waals surface area contributed by atoms with Gasteiger partial charge in [-0.05, 0) is 31.4 Å². The molecule has 0 aliphatic carbocycles. The zero-order chi connectivity index (χ0) is 22.6. The minimum Gasteiger partial charge on any atom is -0.382 e. The Bertz CT molecular complexity index is 760. The molecule has 0 radical (unpaired) electrons. The first kappa shape index (κ1) is 23.9. The van der Waals surface area contributed by atoms with E-state index in [1.165, 1.54) is 10.4 Å². The number of aliphatic hydroxyl groups excluding tert-OH is 1. The Morgan fingerprint density at radius 1 is 1.33 bits per heavy atom. The standard InChI is InChI=1S/C19H27F3N4O4/c1-11(2)8-14(16(27)17(28)24-30)18(29)26-7-6-25(10-12(26)3)15-9-13(4-5-23-15)19(20,21)22/h4-5,9,11-12,14,16,27,30H,6-8,10H2,1-3H3,(H,24,28)/t12-,14?,16-/m1/s1. The maximum Gasteiger partial charge on any atom is 0.416 e. The quantitative estimate of drug-likeness (QED) is 0.467. The van der Waals surface area contributed by atoms with E-state index < -0.39 is 35.6 Å². The van der Waals surface area contributed by atoms with Crippen molar-refractivity contribution in [1.82, 2.24) is 15.4 Å². The van der Waals surface area contributed by atoms with Crippen LogP contribution in [-0.4, -0.2) is 63.8 Å². The van der Waals surface area contributed by atoms with Gasteiger partial charge in [0, 0.05) is 31.9 Å². The number of piperazine rings is 1. The van der Waals surface area contributed by atoms with Crippen LogP contribution in [-0.2, 0) is 15.8 Å². The second kappa shape index (κ2) is 9.61. The summed E-state index contributed by atoms with van der Waals surface area (Å²) in [5.74, 6) is -2.37. The van der Waals surface area contributed by atoms with Crippen LogP contribution in [0.3, 0.4) is 0 Å². The summed E-state index contributed by atoms with van der Waals surface area (Å²) in [6.45, 7) is 6.11. The number of hydrogen-bond donors (Lipinski definition) is 3. The van der Waals surface area contributed by atoms with Gasteiger partial charge in [0.1, 0.15) is 11.9 Å². The zero-order valence-corrected chi connectivity index (χ0v) is 17.1. The molecule has 8 nitrogen and oxygen atoms in total. The Balaban J connectivity index is 2.15. The molecule has 1 aromatic heterocycles. The largest absolute Gasteiger partial charge is 0.416 e. The molecule has 0 aromatic carbocycles. The Hall–Kier alpha value is -2.40. The Morgan fingerprint density at radius 3 is 2.53 bits per heavy atom. The van der Waals surface area contributed by atoms with Gasteiger partial charge in [-0.1, -0.05) is 13.8 Å². The van der Waals surface area contributed by atoms with E-state index in [1.807, 2.05) is 13.8 Å². The van der Waals surface area contributed by atoms with Gasteiger partial charge in [-0.15, -0.1) is 0 Å². The molecule has 1 unspecified atom stereocenters. The lowest BCUT2D eigenvalue weighted by atomic mass is 9.89. The lowest BCUT2D eigenvalue weighted by Gasteiger charge is -2.42. The number of aliphatic hydroxyl groups is 1. The smallest absolute Gasteiger partial charge is 0.382 e. The predicted octanol–water partition coefficient (Wildman–Crippen LogP) is 1.67. The van der Waals surface area contributed by atoms with Crippen molar-refractivity contribution in [1.29, 1.82) is 0 Å². The number of alkyl halides is 3. The Kier molecular flexibility index (Phi) is 7.64. The van der Waals surface area contributed by atoms with Crippen LogP contribution in [0.5, 0.6) is 0 Å². The fourth-order valence-corrected chi connectivity index (χ4v) is 3.60. The first-order valence-electron chi connectivity index (χ1n) is 9.66. The summed E-state index contributed by atoms with van der Waals surface area (Å²) < 4.78 is 38.9. The van der Waals surface area contributed by atoms with Crippen molar-refractivity contribution in [2.75, 3.05) is 24.5 Å². The number of anilines is 1. The topological polar surface area (TPSA) is 106 Å². The number of hydroxylamine groups is 1. The number of carbonyl (C=O) groups is 2. The fraction of sp³-hybridized carbons (Fsp3) is 0.632. The van der Waals surface area contributed by atoms with Gasteiger partial charge >= 0.3 is 6.18 Å². The van der Waals surface area contributed by atoms with Crippen LogP contribution in [0.25, 0.3) is 0 Å². The second-order valence-corrected chi connectivity index (χ2v) is 7.88. The normalized spacial score (nSPS) is 19.6. The summed E-state index contributed by atoms with van der Waals surface area (Å²) >= 11 is 0. The van der Waals surface area contributed by atoms with Gasteiger partial charge in [0.15, 0.2) is 0 Å².